The van der Waals surface area contributed by atoms with Crippen LogP contribution < -0.4 is 0 Å². The highest BCUT2D eigenvalue weighted by Gasteiger charge is 2.25. The highest BCUT2D eigenvalue weighted by molar-refractivity contribution is 7.99. The second kappa shape index (κ2) is 4.68. The van der Waals surface area contributed by atoms with Crippen LogP contribution in [0.1, 0.15) is 11.7 Å². The second-order valence-corrected chi connectivity index (χ2v) is 4.53. The fraction of sp³-hybridized carbons (Fsp3) is 0.364. The van der Waals surface area contributed by atoms with Crippen molar-refractivity contribution in [3.05, 3.63) is 35.9 Å². The Kier molecular flexibility index (Phi) is 3.28. The fourth-order valence-corrected chi connectivity index (χ4v) is 2.49. The first-order valence-electron chi connectivity index (χ1n) is 4.88. The van der Waals surface area contributed by atoms with Gasteiger partial charge in [-0.15, -0.1) is 11.8 Å². The molecule has 3 nitrogen and oxygen atoms in total. The summed E-state index contributed by atoms with van der Waals surface area (Å²) in [7, 11) is 0. The molecule has 2 rings (SSSR count). The van der Waals surface area contributed by atoms with Crippen LogP contribution in [-0.4, -0.2) is 34.1 Å². The van der Waals surface area contributed by atoms with Crippen LogP contribution >= 0.6 is 11.8 Å². The van der Waals surface area contributed by atoms with Gasteiger partial charge in [0, 0.05) is 12.3 Å². The molecule has 15 heavy (non-hydrogen) atoms. The third-order valence-corrected chi connectivity index (χ3v) is 3.38. The molecule has 0 radical (unpaired) electrons. The van der Waals surface area contributed by atoms with E-state index in [2.05, 4.69) is 0 Å². The molecule has 1 N–H and O–H groups in total. The lowest BCUT2D eigenvalue weighted by Crippen LogP contribution is -2.32. The van der Waals surface area contributed by atoms with Crippen molar-refractivity contribution in [2.45, 2.75) is 6.10 Å². The lowest BCUT2D eigenvalue weighted by atomic mass is 10.1. The average Bonchev–Trinajstić information content (AvgIpc) is 2.82. The lowest BCUT2D eigenvalue weighted by molar-refractivity contribution is -0.138. The summed E-state index contributed by atoms with van der Waals surface area (Å²) in [5.41, 5.74) is 0.666. The summed E-state index contributed by atoms with van der Waals surface area (Å²) >= 11 is 1.72. The number of nitrogens with zero attached hydrogens (tertiary/aromatic N) is 1. The number of aliphatic hydroxyl groups is 1. The molecule has 0 aromatic heterocycles. The number of carbonyl (C=O) groups excluding carboxylic acids is 1. The quantitative estimate of drug-likeness (QED) is 0.820. The van der Waals surface area contributed by atoms with E-state index in [1.54, 1.807) is 28.8 Å². The van der Waals surface area contributed by atoms with Crippen molar-refractivity contribution in [3.63, 3.8) is 0 Å². The third-order valence-electron chi connectivity index (χ3n) is 2.41. The van der Waals surface area contributed by atoms with E-state index in [4.69, 9.17) is 0 Å². The third kappa shape index (κ3) is 2.33. The molecule has 80 valence electrons. The van der Waals surface area contributed by atoms with Crippen molar-refractivity contribution in [3.8, 4) is 0 Å². The van der Waals surface area contributed by atoms with Gasteiger partial charge < -0.3 is 10.0 Å². The summed E-state index contributed by atoms with van der Waals surface area (Å²) in [6, 6.07) is 9.05. The van der Waals surface area contributed by atoms with Crippen LogP contribution in [-0.2, 0) is 4.79 Å². The Morgan fingerprint density at radius 1 is 1.40 bits per heavy atom. The number of carbonyl (C=O) groups is 1. The molecule has 1 aromatic carbocycles. The molecule has 1 unspecified atom stereocenters. The van der Waals surface area contributed by atoms with Crippen molar-refractivity contribution in [1.82, 2.24) is 4.90 Å². The van der Waals surface area contributed by atoms with E-state index >= 15 is 0 Å². The molecule has 1 aliphatic rings. The predicted molar refractivity (Wildman–Crippen MR) is 60.4 cm³/mol. The Labute approximate surface area is 93.1 Å². The molecule has 0 aliphatic carbocycles. The van der Waals surface area contributed by atoms with Crippen LogP contribution in [0.2, 0.25) is 0 Å². The van der Waals surface area contributed by atoms with Gasteiger partial charge in [0.15, 0.2) is 6.10 Å². The molecule has 0 saturated carbocycles. The minimum atomic E-state index is -1.01. The number of aliphatic hydroxyl groups excluding tert-OH is 1. The monoisotopic (exact) mass is 223 g/mol. The highest BCUT2D eigenvalue weighted by Crippen LogP contribution is 2.20. The Morgan fingerprint density at radius 2 is 2.13 bits per heavy atom. The van der Waals surface area contributed by atoms with Gasteiger partial charge in [-0.3, -0.25) is 4.79 Å². The zero-order chi connectivity index (χ0) is 10.7. The van der Waals surface area contributed by atoms with Gasteiger partial charge in [0.1, 0.15) is 0 Å². The van der Waals surface area contributed by atoms with Crippen LogP contribution in [0.5, 0.6) is 0 Å². The normalized spacial score (nSPS) is 17.8. The molecule has 4 heteroatoms. The zero-order valence-electron chi connectivity index (χ0n) is 8.30. The van der Waals surface area contributed by atoms with Gasteiger partial charge in [0.25, 0.3) is 5.91 Å². The molecular formula is C11H13NO2S. The molecule has 0 bridgehead atoms. The van der Waals surface area contributed by atoms with Crippen LogP contribution in [0.25, 0.3) is 0 Å². The van der Waals surface area contributed by atoms with Gasteiger partial charge >= 0.3 is 0 Å². The number of thioether (sulfide) groups is 1. The molecule has 1 aromatic rings. The summed E-state index contributed by atoms with van der Waals surface area (Å²) in [5, 5.41) is 9.85. The van der Waals surface area contributed by atoms with Crippen LogP contribution in [0.4, 0.5) is 0 Å². The van der Waals surface area contributed by atoms with Crippen LogP contribution in [0, 0.1) is 0 Å². The molecular weight excluding hydrogens is 210 g/mol. The van der Waals surface area contributed by atoms with Crippen molar-refractivity contribution in [2.75, 3.05) is 18.2 Å². The van der Waals surface area contributed by atoms with E-state index in [-0.39, 0.29) is 5.91 Å². The zero-order valence-corrected chi connectivity index (χ0v) is 9.11. The van der Waals surface area contributed by atoms with E-state index in [9.17, 15) is 9.90 Å². The summed E-state index contributed by atoms with van der Waals surface area (Å²) in [6.45, 7) is 0.743. The molecule has 1 amide bonds. The van der Waals surface area contributed by atoms with E-state index in [0.717, 1.165) is 12.3 Å². The molecule has 1 aliphatic heterocycles. The van der Waals surface area contributed by atoms with E-state index in [0.29, 0.717) is 11.4 Å². The standard InChI is InChI=1S/C11H13NO2S/c13-10(9-4-2-1-3-5-9)11(14)12-6-7-15-8-12/h1-5,10,13H,6-8H2. The predicted octanol–water partition coefficient (Wildman–Crippen LogP) is 1.25. The first kappa shape index (κ1) is 10.5. The summed E-state index contributed by atoms with van der Waals surface area (Å²) < 4.78 is 0. The Hall–Kier alpha value is -1.000. The first-order valence-corrected chi connectivity index (χ1v) is 6.04. The highest BCUT2D eigenvalue weighted by atomic mass is 32.2. The van der Waals surface area contributed by atoms with Crippen molar-refractivity contribution >= 4 is 17.7 Å². The van der Waals surface area contributed by atoms with Crippen molar-refractivity contribution in [1.29, 1.82) is 0 Å². The van der Waals surface area contributed by atoms with Gasteiger partial charge in [-0.25, -0.2) is 0 Å². The lowest BCUT2D eigenvalue weighted by Gasteiger charge is -2.18. The minimum absolute atomic E-state index is 0.189. The number of hydrogen-bond donors (Lipinski definition) is 1. The molecule has 1 fully saturated rings. The van der Waals surface area contributed by atoms with E-state index < -0.39 is 6.10 Å². The average molecular weight is 223 g/mol. The number of rotatable bonds is 2. The molecule has 1 atom stereocenters. The Balaban J connectivity index is 2.07. The van der Waals surface area contributed by atoms with E-state index in [1.165, 1.54) is 0 Å². The molecule has 1 saturated heterocycles. The molecule has 1 heterocycles. The van der Waals surface area contributed by atoms with Gasteiger partial charge in [-0.1, -0.05) is 30.3 Å². The van der Waals surface area contributed by atoms with Gasteiger partial charge in [0.05, 0.1) is 5.88 Å². The van der Waals surface area contributed by atoms with Gasteiger partial charge in [-0.2, -0.15) is 0 Å². The minimum Gasteiger partial charge on any atom is -0.378 e. The summed E-state index contributed by atoms with van der Waals surface area (Å²) in [4.78, 5) is 13.5. The van der Waals surface area contributed by atoms with E-state index in [1.807, 2.05) is 18.2 Å². The maximum atomic E-state index is 11.8. The number of amides is 1. The first-order chi connectivity index (χ1) is 7.29. The Morgan fingerprint density at radius 3 is 2.73 bits per heavy atom. The fourth-order valence-electron chi connectivity index (χ4n) is 1.54. The van der Waals surface area contributed by atoms with Gasteiger partial charge in [-0.05, 0) is 5.56 Å². The maximum absolute atomic E-state index is 11.8. The topological polar surface area (TPSA) is 40.5 Å². The Bertz CT molecular complexity index is 336. The van der Waals surface area contributed by atoms with Crippen molar-refractivity contribution < 1.29 is 9.90 Å². The maximum Gasteiger partial charge on any atom is 0.256 e. The van der Waals surface area contributed by atoms with Crippen LogP contribution in [0.3, 0.4) is 0 Å². The number of benzene rings is 1. The second-order valence-electron chi connectivity index (χ2n) is 3.45. The van der Waals surface area contributed by atoms with Crippen molar-refractivity contribution in [2.24, 2.45) is 0 Å². The largest absolute Gasteiger partial charge is 0.378 e. The smallest absolute Gasteiger partial charge is 0.256 e. The van der Waals surface area contributed by atoms with Crippen LogP contribution in [0.15, 0.2) is 30.3 Å². The summed E-state index contributed by atoms with van der Waals surface area (Å²) in [5.74, 6) is 1.47. The molecule has 0 spiro atoms. The van der Waals surface area contributed by atoms with Gasteiger partial charge in [0.2, 0.25) is 0 Å². The SMILES string of the molecule is O=C(C(O)c1ccccc1)N1CCSC1. The number of hydrogen-bond acceptors (Lipinski definition) is 3. The summed E-state index contributed by atoms with van der Waals surface area (Å²) in [6.07, 6.45) is -1.01.